The molecule has 0 unspecified atom stereocenters. The van der Waals surface area contributed by atoms with Crippen LogP contribution in [0.25, 0.3) is 0 Å². The van der Waals surface area contributed by atoms with E-state index in [-0.39, 0.29) is 11.8 Å². The molecular formula is C25H34N4O6S. The summed E-state index contributed by atoms with van der Waals surface area (Å²) in [6.07, 6.45) is 1.16. The minimum atomic E-state index is -1.22. The first-order valence-electron chi connectivity index (χ1n) is 12.3. The Morgan fingerprint density at radius 1 is 1.19 bits per heavy atom. The van der Waals surface area contributed by atoms with Crippen molar-refractivity contribution >= 4 is 41.4 Å². The zero-order valence-corrected chi connectivity index (χ0v) is 21.8. The van der Waals surface area contributed by atoms with E-state index < -0.39 is 42.5 Å². The fourth-order valence-electron chi connectivity index (χ4n) is 4.44. The van der Waals surface area contributed by atoms with Gasteiger partial charge >= 0.3 is 5.97 Å². The van der Waals surface area contributed by atoms with E-state index in [1.807, 2.05) is 26.0 Å². The molecule has 2 N–H and O–H groups in total. The first-order valence-corrected chi connectivity index (χ1v) is 13.4. The van der Waals surface area contributed by atoms with Crippen LogP contribution in [0.3, 0.4) is 0 Å². The molecule has 3 atom stereocenters. The van der Waals surface area contributed by atoms with Crippen LogP contribution in [0.1, 0.15) is 49.5 Å². The zero-order chi connectivity index (χ0) is 26.2. The number of likely N-dealkylation sites (tertiary alicyclic amines) is 1. The topological polar surface area (TPSA) is 125 Å². The van der Waals surface area contributed by atoms with Crippen LogP contribution >= 0.6 is 11.8 Å². The lowest BCUT2D eigenvalue weighted by Crippen LogP contribution is -2.58. The molecule has 2 aliphatic heterocycles. The normalized spacial score (nSPS) is 22.9. The van der Waals surface area contributed by atoms with Crippen LogP contribution in [0, 0.1) is 0 Å². The van der Waals surface area contributed by atoms with E-state index >= 15 is 0 Å². The number of carbonyl (C=O) groups excluding carboxylic acids is 5. The minimum absolute atomic E-state index is 0.216. The molecule has 11 heteroatoms. The molecule has 1 fully saturated rings. The molecule has 0 aromatic heterocycles. The molecule has 0 spiro atoms. The number of likely N-dealkylation sites (N-methyl/N-ethyl adjacent to an activating group) is 1. The maximum absolute atomic E-state index is 13.3. The first-order chi connectivity index (χ1) is 17.3. The van der Waals surface area contributed by atoms with Gasteiger partial charge in [-0.05, 0) is 38.3 Å². The van der Waals surface area contributed by atoms with Crippen LogP contribution in [0.2, 0.25) is 0 Å². The Morgan fingerprint density at radius 2 is 1.92 bits per heavy atom. The monoisotopic (exact) mass is 518 g/mol. The highest BCUT2D eigenvalue weighted by atomic mass is 32.2. The third-order valence-corrected chi connectivity index (χ3v) is 7.53. The summed E-state index contributed by atoms with van der Waals surface area (Å²) in [5, 5.41) is 5.42. The van der Waals surface area contributed by atoms with Crippen LogP contribution < -0.4 is 10.6 Å². The van der Waals surface area contributed by atoms with Crippen LogP contribution in [0.15, 0.2) is 24.3 Å². The Morgan fingerprint density at radius 3 is 2.61 bits per heavy atom. The van der Waals surface area contributed by atoms with Crippen molar-refractivity contribution in [3.63, 3.8) is 0 Å². The van der Waals surface area contributed by atoms with Gasteiger partial charge in [-0.15, -0.1) is 0 Å². The van der Waals surface area contributed by atoms with Gasteiger partial charge in [0.25, 0.3) is 0 Å². The minimum Gasteiger partial charge on any atom is -0.459 e. The Labute approximate surface area is 215 Å². The number of ether oxygens (including phenoxy) is 1. The van der Waals surface area contributed by atoms with E-state index in [1.165, 1.54) is 23.6 Å². The van der Waals surface area contributed by atoms with Crippen LogP contribution in [-0.2, 0) is 29.7 Å². The lowest BCUT2D eigenvalue weighted by Gasteiger charge is -2.29. The number of thioether (sulfide) groups is 1. The number of fused-ring (bicyclic) bond motifs is 1. The van der Waals surface area contributed by atoms with E-state index in [0.29, 0.717) is 49.5 Å². The third kappa shape index (κ3) is 6.57. The fraction of sp³-hybridized carbons (Fsp3) is 0.560. The van der Waals surface area contributed by atoms with Crippen molar-refractivity contribution in [1.82, 2.24) is 20.4 Å². The standard InChI is InChI=1S/C25H34N4O6S/c1-4-28(5-2)24(33)20-15-36-14-17-9-6-7-10-18(17)25(34)35-13-19(22(31)27-20)26-23(32)21-11-8-12-29(21)16(3)30/h6-7,9-10,19-21H,4-5,8,11-15H2,1-3H3,(H,26,32)(H,27,31)/t19-,20-,21+/m1/s1. The second kappa shape index (κ2) is 12.8. The van der Waals surface area contributed by atoms with Gasteiger partial charge in [-0.1, -0.05) is 18.2 Å². The molecule has 2 aliphatic rings. The number of carbonyl (C=O) groups is 5. The molecule has 4 amide bonds. The van der Waals surface area contributed by atoms with Crippen molar-refractivity contribution in [3.05, 3.63) is 35.4 Å². The number of cyclic esters (lactones) is 1. The summed E-state index contributed by atoms with van der Waals surface area (Å²) in [7, 11) is 0. The molecule has 3 rings (SSSR count). The summed E-state index contributed by atoms with van der Waals surface area (Å²) in [6.45, 7) is 6.18. The number of nitrogens with zero attached hydrogens (tertiary/aromatic N) is 2. The van der Waals surface area contributed by atoms with Crippen LogP contribution in [-0.4, -0.2) is 89.5 Å². The SMILES string of the molecule is CCN(CC)C(=O)[C@H]1CSCc2ccccc2C(=O)OC[C@@H](NC(=O)[C@@H]2CCCN2C(C)=O)C(=O)N1. The molecule has 10 nitrogen and oxygen atoms in total. The van der Waals surface area contributed by atoms with Gasteiger partial charge in [0, 0.05) is 38.1 Å². The molecule has 1 saturated heterocycles. The molecule has 1 aromatic carbocycles. The molecule has 0 aliphatic carbocycles. The lowest BCUT2D eigenvalue weighted by atomic mass is 10.1. The maximum atomic E-state index is 13.3. The van der Waals surface area contributed by atoms with Crippen molar-refractivity contribution in [2.75, 3.05) is 32.0 Å². The van der Waals surface area contributed by atoms with Gasteiger partial charge in [0.1, 0.15) is 24.7 Å². The average molecular weight is 519 g/mol. The number of benzene rings is 1. The highest BCUT2D eigenvalue weighted by Crippen LogP contribution is 2.21. The largest absolute Gasteiger partial charge is 0.459 e. The number of nitrogens with one attached hydrogen (secondary N) is 2. The second-order valence-corrected chi connectivity index (χ2v) is 9.80. The van der Waals surface area contributed by atoms with Crippen molar-refractivity contribution in [1.29, 1.82) is 0 Å². The predicted molar refractivity (Wildman–Crippen MR) is 135 cm³/mol. The summed E-state index contributed by atoms with van der Waals surface area (Å²) in [5.41, 5.74) is 1.14. The highest BCUT2D eigenvalue weighted by Gasteiger charge is 2.36. The number of hydrogen-bond donors (Lipinski definition) is 2. The summed E-state index contributed by atoms with van der Waals surface area (Å²) in [4.78, 5) is 67.3. The first kappa shape index (κ1) is 27.5. The van der Waals surface area contributed by atoms with Gasteiger partial charge in [0.2, 0.25) is 23.6 Å². The predicted octanol–water partition coefficient (Wildman–Crippen LogP) is 0.939. The quantitative estimate of drug-likeness (QED) is 0.556. The Balaban J connectivity index is 1.87. The van der Waals surface area contributed by atoms with Crippen molar-refractivity contribution < 1.29 is 28.7 Å². The van der Waals surface area contributed by atoms with Gasteiger partial charge in [0.05, 0.1) is 5.56 Å². The van der Waals surface area contributed by atoms with E-state index in [4.69, 9.17) is 4.74 Å². The van der Waals surface area contributed by atoms with Gasteiger partial charge in [0.15, 0.2) is 0 Å². The molecule has 0 bridgehead atoms. The van der Waals surface area contributed by atoms with E-state index in [2.05, 4.69) is 10.6 Å². The molecular weight excluding hydrogens is 484 g/mol. The third-order valence-electron chi connectivity index (χ3n) is 6.44. The van der Waals surface area contributed by atoms with Gasteiger partial charge < -0.3 is 25.2 Å². The van der Waals surface area contributed by atoms with E-state index in [9.17, 15) is 24.0 Å². The zero-order valence-electron chi connectivity index (χ0n) is 21.0. The van der Waals surface area contributed by atoms with Crippen molar-refractivity contribution in [2.24, 2.45) is 0 Å². The molecule has 2 heterocycles. The maximum Gasteiger partial charge on any atom is 0.338 e. The van der Waals surface area contributed by atoms with Crippen LogP contribution in [0.4, 0.5) is 0 Å². The van der Waals surface area contributed by atoms with Crippen molar-refractivity contribution in [2.45, 2.75) is 57.5 Å². The summed E-state index contributed by atoms with van der Waals surface area (Å²) in [6, 6.07) is 4.29. The van der Waals surface area contributed by atoms with E-state index in [0.717, 1.165) is 5.56 Å². The lowest BCUT2D eigenvalue weighted by molar-refractivity contribution is -0.139. The average Bonchev–Trinajstić information content (AvgIpc) is 3.36. The Kier molecular flexibility index (Phi) is 9.74. The molecule has 1 aromatic rings. The van der Waals surface area contributed by atoms with Crippen molar-refractivity contribution in [3.8, 4) is 0 Å². The van der Waals surface area contributed by atoms with Crippen LogP contribution in [0.5, 0.6) is 0 Å². The van der Waals surface area contributed by atoms with Gasteiger partial charge in [-0.25, -0.2) is 4.79 Å². The summed E-state index contributed by atoms with van der Waals surface area (Å²) >= 11 is 1.43. The molecule has 36 heavy (non-hydrogen) atoms. The molecule has 196 valence electrons. The smallest absolute Gasteiger partial charge is 0.338 e. The Hall–Kier alpha value is -3.08. The number of esters is 1. The molecule has 0 radical (unpaired) electrons. The van der Waals surface area contributed by atoms with E-state index in [1.54, 1.807) is 17.0 Å². The Bertz CT molecular complexity index is 999. The summed E-state index contributed by atoms with van der Waals surface area (Å²) in [5.74, 6) is -1.39. The van der Waals surface area contributed by atoms with Gasteiger partial charge in [-0.2, -0.15) is 11.8 Å². The second-order valence-electron chi connectivity index (χ2n) is 8.77. The fourth-order valence-corrected chi connectivity index (χ4v) is 5.49. The molecule has 0 saturated carbocycles. The highest BCUT2D eigenvalue weighted by molar-refractivity contribution is 7.98. The summed E-state index contributed by atoms with van der Waals surface area (Å²) < 4.78 is 5.45. The number of amides is 4. The van der Waals surface area contributed by atoms with Gasteiger partial charge in [-0.3, -0.25) is 19.2 Å². The number of hydrogen-bond acceptors (Lipinski definition) is 7. The number of rotatable bonds is 5.